The number of rotatable bonds is 6. The van der Waals surface area contributed by atoms with Crippen molar-refractivity contribution in [2.24, 2.45) is 5.84 Å². The Morgan fingerprint density at radius 2 is 2.11 bits per heavy atom. The molecule has 5 N–H and O–H groups in total. The number of benzene rings is 1. The Morgan fingerprint density at radius 3 is 2.84 bits per heavy atom. The third-order valence-electron chi connectivity index (χ3n) is 2.91. The van der Waals surface area contributed by atoms with E-state index in [4.69, 9.17) is 10.9 Å². The summed E-state index contributed by atoms with van der Waals surface area (Å²) in [6.45, 7) is 2.26. The van der Waals surface area contributed by atoms with E-state index in [0.717, 1.165) is 29.6 Å². The minimum atomic E-state index is 0.201. The molecular weight excluding hydrogens is 242 g/mol. The molecule has 0 saturated heterocycles. The summed E-state index contributed by atoms with van der Waals surface area (Å²) < 4.78 is 0. The number of aliphatic hydroxyl groups is 1. The molecule has 0 aliphatic heterocycles. The Kier molecular flexibility index (Phi) is 4.48. The van der Waals surface area contributed by atoms with E-state index >= 15 is 0 Å². The van der Waals surface area contributed by atoms with Gasteiger partial charge in [-0.3, -0.25) is 5.43 Å². The predicted molar refractivity (Wildman–Crippen MR) is 76.8 cm³/mol. The molecular formula is C13H19N5O. The quantitative estimate of drug-likeness (QED) is 0.465. The number of hydrogen-bond acceptors (Lipinski definition) is 6. The number of nitrogens with zero attached hydrogens (tertiary/aromatic N) is 2. The van der Waals surface area contributed by atoms with E-state index in [-0.39, 0.29) is 12.6 Å². The molecule has 19 heavy (non-hydrogen) atoms. The van der Waals surface area contributed by atoms with Crippen LogP contribution in [0.2, 0.25) is 0 Å². The number of fused-ring (bicyclic) bond motifs is 1. The molecule has 1 heterocycles. The normalized spacial score (nSPS) is 12.4. The minimum absolute atomic E-state index is 0.201. The van der Waals surface area contributed by atoms with E-state index < -0.39 is 0 Å². The monoisotopic (exact) mass is 261 g/mol. The van der Waals surface area contributed by atoms with E-state index in [1.54, 1.807) is 0 Å². The number of hydrazine groups is 1. The lowest BCUT2D eigenvalue weighted by molar-refractivity contribution is 0.282. The lowest BCUT2D eigenvalue weighted by atomic mass is 10.1. The van der Waals surface area contributed by atoms with Gasteiger partial charge in [0, 0.05) is 18.0 Å². The van der Waals surface area contributed by atoms with Crippen LogP contribution in [0.4, 0.5) is 11.8 Å². The van der Waals surface area contributed by atoms with E-state index in [2.05, 4.69) is 27.6 Å². The summed E-state index contributed by atoms with van der Waals surface area (Å²) in [7, 11) is 0. The van der Waals surface area contributed by atoms with Crippen LogP contribution in [0, 0.1) is 0 Å². The molecule has 0 radical (unpaired) electrons. The summed E-state index contributed by atoms with van der Waals surface area (Å²) in [5, 5.41) is 13.1. The predicted octanol–water partition coefficient (Wildman–Crippen LogP) is 1.49. The van der Waals surface area contributed by atoms with Crippen molar-refractivity contribution in [3.8, 4) is 0 Å². The molecule has 1 unspecified atom stereocenters. The first kappa shape index (κ1) is 13.5. The van der Waals surface area contributed by atoms with Crippen molar-refractivity contribution in [1.29, 1.82) is 0 Å². The van der Waals surface area contributed by atoms with Crippen molar-refractivity contribution in [3.05, 3.63) is 24.3 Å². The maximum absolute atomic E-state index is 8.86. The van der Waals surface area contributed by atoms with Crippen molar-refractivity contribution in [2.45, 2.75) is 25.8 Å². The Hall–Kier alpha value is -1.92. The molecule has 1 atom stereocenters. The molecule has 102 valence electrons. The largest absolute Gasteiger partial charge is 0.396 e. The SMILES string of the molecule is CC(CCCO)Nc1nc(NN)nc2ccccc12. The Labute approximate surface area is 112 Å². The second kappa shape index (κ2) is 6.31. The van der Waals surface area contributed by atoms with Crippen molar-refractivity contribution in [2.75, 3.05) is 17.3 Å². The van der Waals surface area contributed by atoms with Crippen molar-refractivity contribution < 1.29 is 5.11 Å². The van der Waals surface area contributed by atoms with Crippen LogP contribution in [0.3, 0.4) is 0 Å². The van der Waals surface area contributed by atoms with Gasteiger partial charge in [-0.15, -0.1) is 0 Å². The van der Waals surface area contributed by atoms with Gasteiger partial charge in [0.2, 0.25) is 5.95 Å². The van der Waals surface area contributed by atoms with Gasteiger partial charge < -0.3 is 10.4 Å². The summed E-state index contributed by atoms with van der Waals surface area (Å²) in [4.78, 5) is 8.64. The van der Waals surface area contributed by atoms with Gasteiger partial charge in [-0.1, -0.05) is 12.1 Å². The van der Waals surface area contributed by atoms with E-state index in [9.17, 15) is 0 Å². The highest BCUT2D eigenvalue weighted by Crippen LogP contribution is 2.22. The highest BCUT2D eigenvalue weighted by Gasteiger charge is 2.09. The standard InChI is InChI=1S/C13H19N5O/c1-9(5-4-8-19)15-12-10-6-2-3-7-11(10)16-13(17-12)18-14/h2-3,6-7,9,19H,4-5,8,14H2,1H3,(H2,15,16,17,18). The molecule has 0 bridgehead atoms. The van der Waals surface area contributed by atoms with Gasteiger partial charge in [-0.25, -0.2) is 10.8 Å². The van der Waals surface area contributed by atoms with Crippen molar-refractivity contribution in [3.63, 3.8) is 0 Å². The first-order valence-electron chi connectivity index (χ1n) is 6.35. The molecule has 2 rings (SSSR count). The van der Waals surface area contributed by atoms with Crippen LogP contribution in [0.5, 0.6) is 0 Å². The van der Waals surface area contributed by atoms with Gasteiger partial charge in [-0.05, 0) is 31.9 Å². The average Bonchev–Trinajstić information content (AvgIpc) is 2.44. The number of anilines is 2. The molecule has 1 aromatic heterocycles. The van der Waals surface area contributed by atoms with Crippen LogP contribution in [0.15, 0.2) is 24.3 Å². The lowest BCUT2D eigenvalue weighted by Gasteiger charge is -2.16. The van der Waals surface area contributed by atoms with E-state index in [1.165, 1.54) is 0 Å². The molecule has 0 aliphatic carbocycles. The van der Waals surface area contributed by atoms with Gasteiger partial charge in [0.25, 0.3) is 0 Å². The van der Waals surface area contributed by atoms with Crippen LogP contribution in [0.1, 0.15) is 19.8 Å². The topological polar surface area (TPSA) is 96.1 Å². The van der Waals surface area contributed by atoms with Gasteiger partial charge in [0.05, 0.1) is 5.52 Å². The zero-order chi connectivity index (χ0) is 13.7. The maximum atomic E-state index is 8.86. The van der Waals surface area contributed by atoms with Crippen LogP contribution in [0.25, 0.3) is 10.9 Å². The van der Waals surface area contributed by atoms with Crippen LogP contribution in [-0.2, 0) is 0 Å². The summed E-state index contributed by atoms with van der Waals surface area (Å²) in [6, 6.07) is 7.98. The summed E-state index contributed by atoms with van der Waals surface area (Å²) in [6.07, 6.45) is 1.64. The summed E-state index contributed by atoms with van der Waals surface area (Å²) in [5.41, 5.74) is 3.31. The smallest absolute Gasteiger partial charge is 0.239 e. The Morgan fingerprint density at radius 1 is 1.32 bits per heavy atom. The third-order valence-corrected chi connectivity index (χ3v) is 2.91. The lowest BCUT2D eigenvalue weighted by Crippen LogP contribution is -2.18. The van der Waals surface area contributed by atoms with Gasteiger partial charge in [0.1, 0.15) is 5.82 Å². The number of aromatic nitrogens is 2. The molecule has 0 aliphatic rings. The van der Waals surface area contributed by atoms with Crippen molar-refractivity contribution >= 4 is 22.7 Å². The number of nitrogens with one attached hydrogen (secondary N) is 2. The fourth-order valence-electron chi connectivity index (χ4n) is 1.95. The number of aliphatic hydroxyl groups excluding tert-OH is 1. The zero-order valence-corrected chi connectivity index (χ0v) is 10.9. The Bertz CT molecular complexity index is 546. The molecule has 2 aromatic rings. The fraction of sp³-hybridized carbons (Fsp3) is 0.385. The van der Waals surface area contributed by atoms with Crippen LogP contribution >= 0.6 is 0 Å². The highest BCUT2D eigenvalue weighted by molar-refractivity contribution is 5.90. The average molecular weight is 261 g/mol. The first-order valence-corrected chi connectivity index (χ1v) is 6.35. The van der Waals surface area contributed by atoms with Crippen LogP contribution < -0.4 is 16.6 Å². The molecule has 1 aromatic carbocycles. The third kappa shape index (κ3) is 3.30. The van der Waals surface area contributed by atoms with Gasteiger partial charge in [-0.2, -0.15) is 4.98 Å². The van der Waals surface area contributed by atoms with E-state index in [0.29, 0.717) is 5.95 Å². The van der Waals surface area contributed by atoms with Gasteiger partial charge >= 0.3 is 0 Å². The first-order chi connectivity index (χ1) is 9.24. The molecule has 0 saturated carbocycles. The number of para-hydroxylation sites is 1. The Balaban J connectivity index is 2.29. The second-order valence-corrected chi connectivity index (χ2v) is 4.47. The zero-order valence-electron chi connectivity index (χ0n) is 10.9. The van der Waals surface area contributed by atoms with E-state index in [1.807, 2.05) is 24.3 Å². The molecule has 6 heteroatoms. The molecule has 0 amide bonds. The van der Waals surface area contributed by atoms with Crippen LogP contribution in [-0.4, -0.2) is 27.7 Å². The summed E-state index contributed by atoms with van der Waals surface area (Å²) >= 11 is 0. The second-order valence-electron chi connectivity index (χ2n) is 4.47. The maximum Gasteiger partial charge on any atom is 0.239 e. The van der Waals surface area contributed by atoms with Gasteiger partial charge in [0.15, 0.2) is 0 Å². The highest BCUT2D eigenvalue weighted by atomic mass is 16.2. The minimum Gasteiger partial charge on any atom is -0.396 e. The number of hydrogen-bond donors (Lipinski definition) is 4. The summed E-state index contributed by atoms with van der Waals surface area (Å²) in [5.74, 6) is 6.52. The molecule has 6 nitrogen and oxygen atoms in total. The number of nitrogens with two attached hydrogens (primary N) is 1. The van der Waals surface area contributed by atoms with Crippen molar-refractivity contribution in [1.82, 2.24) is 9.97 Å². The fourth-order valence-corrected chi connectivity index (χ4v) is 1.95. The molecule has 0 spiro atoms. The number of nitrogen functional groups attached to an aromatic ring is 1. The molecule has 0 fully saturated rings.